The van der Waals surface area contributed by atoms with Crippen LogP contribution >= 0.6 is 11.8 Å². The molecule has 0 amide bonds. The molecule has 0 bridgehead atoms. The molecule has 0 saturated carbocycles. The molecule has 2 heterocycles. The second-order valence-corrected chi connectivity index (χ2v) is 6.94. The van der Waals surface area contributed by atoms with Gasteiger partial charge in [-0.15, -0.1) is 5.10 Å². The van der Waals surface area contributed by atoms with Crippen LogP contribution in [0.4, 0.5) is 5.95 Å². The molecule has 25 heavy (non-hydrogen) atoms. The van der Waals surface area contributed by atoms with Gasteiger partial charge in [0.1, 0.15) is 6.04 Å². The molecule has 0 saturated heterocycles. The second kappa shape index (κ2) is 7.74. The van der Waals surface area contributed by atoms with Crippen LogP contribution in [-0.2, 0) is 9.53 Å². The number of benzene rings is 1. The molecule has 1 aromatic carbocycles. The first kappa shape index (κ1) is 17.5. The zero-order chi connectivity index (χ0) is 17.8. The lowest BCUT2D eigenvalue weighted by atomic mass is 9.96. The Bertz CT molecular complexity index is 786. The van der Waals surface area contributed by atoms with Crippen molar-refractivity contribution in [3.63, 3.8) is 0 Å². The minimum absolute atomic E-state index is 0.313. The molecule has 7 heteroatoms. The number of thioether (sulfide) groups is 1. The lowest BCUT2D eigenvalue weighted by molar-refractivity contribution is -0.139. The summed E-state index contributed by atoms with van der Waals surface area (Å²) in [4.78, 5) is 17.2. The molecule has 1 unspecified atom stereocenters. The Hall–Kier alpha value is -2.28. The molecular formula is C18H22N4O2S. The summed E-state index contributed by atoms with van der Waals surface area (Å²) in [5, 5.41) is 8.51. The Balaban J connectivity index is 2.07. The van der Waals surface area contributed by atoms with Crippen LogP contribution in [0.25, 0.3) is 0 Å². The summed E-state index contributed by atoms with van der Waals surface area (Å²) in [7, 11) is 0. The lowest BCUT2D eigenvalue weighted by Crippen LogP contribution is -2.29. The minimum atomic E-state index is -0.347. The smallest absolute Gasteiger partial charge is 0.338 e. The number of carbonyl (C=O) groups is 1. The summed E-state index contributed by atoms with van der Waals surface area (Å²) in [6, 6.07) is 9.51. The third-order valence-electron chi connectivity index (χ3n) is 3.88. The van der Waals surface area contributed by atoms with Gasteiger partial charge in [-0.05, 0) is 24.7 Å². The monoisotopic (exact) mass is 358 g/mol. The molecule has 0 aliphatic carbocycles. The first-order chi connectivity index (χ1) is 12.2. The van der Waals surface area contributed by atoms with Gasteiger partial charge in [0, 0.05) is 5.70 Å². The van der Waals surface area contributed by atoms with E-state index in [4.69, 9.17) is 4.74 Å². The summed E-state index contributed by atoms with van der Waals surface area (Å²) < 4.78 is 7.20. The molecule has 1 aromatic heterocycles. The average molecular weight is 358 g/mol. The summed E-state index contributed by atoms with van der Waals surface area (Å²) in [6.07, 6.45) is 0.785. The number of hydrogen-bond donors (Lipinski definition) is 1. The van der Waals surface area contributed by atoms with Gasteiger partial charge in [-0.1, -0.05) is 55.9 Å². The second-order valence-electron chi connectivity index (χ2n) is 5.71. The van der Waals surface area contributed by atoms with Crippen LogP contribution in [0.2, 0.25) is 0 Å². The molecule has 1 aliphatic rings. The number of ether oxygens (including phenoxy) is 1. The van der Waals surface area contributed by atoms with Gasteiger partial charge in [0.2, 0.25) is 11.1 Å². The minimum Gasteiger partial charge on any atom is -0.462 e. The van der Waals surface area contributed by atoms with Crippen molar-refractivity contribution in [3.05, 3.63) is 47.2 Å². The average Bonchev–Trinajstić information content (AvgIpc) is 3.01. The van der Waals surface area contributed by atoms with Crippen LogP contribution in [0, 0.1) is 0 Å². The van der Waals surface area contributed by atoms with E-state index in [1.54, 1.807) is 16.4 Å². The third-order valence-corrected chi connectivity index (χ3v) is 4.60. The SMILES string of the molecule is CCCOC(=O)C1=C(C)Nc2nc(SCC)nn2C1c1ccccc1. The topological polar surface area (TPSA) is 69.0 Å². The van der Waals surface area contributed by atoms with Crippen LogP contribution < -0.4 is 5.32 Å². The summed E-state index contributed by atoms with van der Waals surface area (Å²) in [6.45, 7) is 6.32. The van der Waals surface area contributed by atoms with E-state index in [-0.39, 0.29) is 12.0 Å². The fraction of sp³-hybridized carbons (Fsp3) is 0.389. The normalized spacial score (nSPS) is 16.4. The predicted octanol–water partition coefficient (Wildman–Crippen LogP) is 3.63. The maximum Gasteiger partial charge on any atom is 0.338 e. The molecule has 1 aliphatic heterocycles. The van der Waals surface area contributed by atoms with Gasteiger partial charge in [-0.3, -0.25) is 0 Å². The molecule has 3 rings (SSSR count). The van der Waals surface area contributed by atoms with E-state index in [0.717, 1.165) is 23.4 Å². The molecule has 6 nitrogen and oxygen atoms in total. The predicted molar refractivity (Wildman–Crippen MR) is 98.6 cm³/mol. The number of fused-ring (bicyclic) bond motifs is 1. The van der Waals surface area contributed by atoms with Crippen LogP contribution in [0.3, 0.4) is 0 Å². The highest BCUT2D eigenvalue weighted by Crippen LogP contribution is 2.36. The maximum absolute atomic E-state index is 12.7. The van der Waals surface area contributed by atoms with Gasteiger partial charge in [0.15, 0.2) is 0 Å². The Morgan fingerprint density at radius 1 is 1.32 bits per heavy atom. The van der Waals surface area contributed by atoms with Gasteiger partial charge in [-0.25, -0.2) is 9.48 Å². The van der Waals surface area contributed by atoms with Gasteiger partial charge < -0.3 is 10.1 Å². The Morgan fingerprint density at radius 2 is 2.08 bits per heavy atom. The molecule has 132 valence electrons. The largest absolute Gasteiger partial charge is 0.462 e. The van der Waals surface area contributed by atoms with Crippen molar-refractivity contribution >= 4 is 23.7 Å². The van der Waals surface area contributed by atoms with E-state index >= 15 is 0 Å². The zero-order valence-corrected chi connectivity index (χ0v) is 15.5. The number of anilines is 1. The van der Waals surface area contributed by atoms with Crippen LogP contribution in [0.5, 0.6) is 0 Å². The van der Waals surface area contributed by atoms with E-state index in [1.807, 2.05) is 44.2 Å². The molecule has 0 spiro atoms. The van der Waals surface area contributed by atoms with Crippen LogP contribution in [0.1, 0.15) is 38.8 Å². The van der Waals surface area contributed by atoms with Crippen molar-refractivity contribution in [2.24, 2.45) is 0 Å². The molecule has 0 radical (unpaired) electrons. The number of nitrogens with one attached hydrogen (secondary N) is 1. The molecule has 1 N–H and O–H groups in total. The van der Waals surface area contributed by atoms with Gasteiger partial charge >= 0.3 is 5.97 Å². The van der Waals surface area contributed by atoms with Gasteiger partial charge in [0.05, 0.1) is 12.2 Å². The third kappa shape index (κ3) is 3.56. The van der Waals surface area contributed by atoms with E-state index in [0.29, 0.717) is 23.3 Å². The van der Waals surface area contributed by atoms with Crippen LogP contribution in [0.15, 0.2) is 46.8 Å². The first-order valence-corrected chi connectivity index (χ1v) is 9.43. The highest BCUT2D eigenvalue weighted by molar-refractivity contribution is 7.99. The molecular weight excluding hydrogens is 336 g/mol. The fourth-order valence-corrected chi connectivity index (χ4v) is 3.36. The zero-order valence-electron chi connectivity index (χ0n) is 14.7. The Kier molecular flexibility index (Phi) is 5.43. The van der Waals surface area contributed by atoms with Crippen molar-refractivity contribution in [1.82, 2.24) is 14.8 Å². The van der Waals surface area contributed by atoms with E-state index in [2.05, 4.69) is 22.3 Å². The molecule has 1 atom stereocenters. The maximum atomic E-state index is 12.7. The van der Waals surface area contributed by atoms with E-state index < -0.39 is 0 Å². The molecule has 0 fully saturated rings. The van der Waals surface area contributed by atoms with Gasteiger partial charge in [-0.2, -0.15) is 4.98 Å². The number of aromatic nitrogens is 3. The first-order valence-electron chi connectivity index (χ1n) is 8.44. The highest BCUT2D eigenvalue weighted by atomic mass is 32.2. The number of hydrogen-bond acceptors (Lipinski definition) is 6. The van der Waals surface area contributed by atoms with Crippen molar-refractivity contribution in [3.8, 4) is 0 Å². The van der Waals surface area contributed by atoms with Crippen molar-refractivity contribution < 1.29 is 9.53 Å². The number of esters is 1. The number of allylic oxidation sites excluding steroid dienone is 1. The lowest BCUT2D eigenvalue weighted by Gasteiger charge is -2.28. The summed E-state index contributed by atoms with van der Waals surface area (Å²) in [5.74, 6) is 1.22. The Morgan fingerprint density at radius 3 is 2.76 bits per heavy atom. The quantitative estimate of drug-likeness (QED) is 0.628. The summed E-state index contributed by atoms with van der Waals surface area (Å²) >= 11 is 1.57. The van der Waals surface area contributed by atoms with Crippen LogP contribution in [-0.4, -0.2) is 33.1 Å². The van der Waals surface area contributed by atoms with Gasteiger partial charge in [0.25, 0.3) is 0 Å². The number of rotatable bonds is 6. The van der Waals surface area contributed by atoms with Crippen molar-refractivity contribution in [1.29, 1.82) is 0 Å². The fourth-order valence-electron chi connectivity index (χ4n) is 2.80. The standard InChI is InChI=1S/C18H22N4O2S/c1-4-11-24-16(23)14-12(3)19-17-20-18(25-5-2)21-22(17)15(14)13-9-7-6-8-10-13/h6-10,15H,4-5,11H2,1-3H3,(H,19,20,21). The Labute approximate surface area is 151 Å². The van der Waals surface area contributed by atoms with Crippen molar-refractivity contribution in [2.45, 2.75) is 38.4 Å². The number of nitrogens with zero attached hydrogens (tertiary/aromatic N) is 3. The summed E-state index contributed by atoms with van der Waals surface area (Å²) in [5.41, 5.74) is 2.30. The highest BCUT2D eigenvalue weighted by Gasteiger charge is 2.35. The molecule has 2 aromatic rings. The van der Waals surface area contributed by atoms with E-state index in [1.165, 1.54) is 0 Å². The van der Waals surface area contributed by atoms with Crippen molar-refractivity contribution in [2.75, 3.05) is 17.7 Å². The number of carbonyl (C=O) groups excluding carboxylic acids is 1. The van der Waals surface area contributed by atoms with E-state index in [9.17, 15) is 4.79 Å².